The van der Waals surface area contributed by atoms with Crippen LogP contribution < -0.4 is 0 Å². The number of nitrogens with zero attached hydrogens (tertiary/aromatic N) is 3. The normalized spacial score (nSPS) is 15.3. The third-order valence-corrected chi connectivity index (χ3v) is 6.47. The van der Waals surface area contributed by atoms with E-state index in [1.807, 2.05) is 30.5 Å². The molecule has 0 radical (unpaired) electrons. The summed E-state index contributed by atoms with van der Waals surface area (Å²) in [6.45, 7) is 2.17. The fourth-order valence-electron chi connectivity index (χ4n) is 3.49. The van der Waals surface area contributed by atoms with Gasteiger partial charge in [-0.3, -0.25) is 4.57 Å². The van der Waals surface area contributed by atoms with Crippen molar-refractivity contribution in [2.24, 2.45) is 0 Å². The highest BCUT2D eigenvalue weighted by molar-refractivity contribution is 7.99. The van der Waals surface area contributed by atoms with Crippen LogP contribution in [-0.4, -0.2) is 19.7 Å². The minimum Gasteiger partial charge on any atom is -0.360 e. The van der Waals surface area contributed by atoms with Crippen molar-refractivity contribution in [1.29, 1.82) is 0 Å². The van der Waals surface area contributed by atoms with Gasteiger partial charge in [-0.15, -0.1) is 10.2 Å². The zero-order valence-corrected chi connectivity index (χ0v) is 16.5. The van der Waals surface area contributed by atoms with Gasteiger partial charge in [0, 0.05) is 39.0 Å². The Morgan fingerprint density at radius 2 is 1.89 bits per heavy atom. The molecule has 4 nitrogen and oxygen atoms in total. The third kappa shape index (κ3) is 3.05. The molecule has 0 aliphatic heterocycles. The highest BCUT2D eigenvalue weighted by Gasteiger charge is 2.31. The number of aromatic amines is 1. The summed E-state index contributed by atoms with van der Waals surface area (Å²) < 4.78 is 2.31. The largest absolute Gasteiger partial charge is 0.360 e. The predicted molar refractivity (Wildman–Crippen MR) is 111 cm³/mol. The number of hydrogen-bond donors (Lipinski definition) is 1. The first kappa shape index (κ1) is 16.9. The first-order chi connectivity index (χ1) is 13.2. The number of para-hydroxylation sites is 1. The summed E-state index contributed by atoms with van der Waals surface area (Å²) in [6, 6.07) is 16.8. The molecule has 0 amide bonds. The van der Waals surface area contributed by atoms with Gasteiger partial charge < -0.3 is 4.98 Å². The standard InChI is InChI=1S/C21H19ClN4S/c1-13(15-6-2-4-8-18(15)22)27-21-25-24-20(26(21)14-10-11-14)17-12-23-19-9-5-3-7-16(17)19/h2-9,12-14,23H,10-11H2,1H3/t13-/m0/s1. The van der Waals surface area contributed by atoms with E-state index in [0.717, 1.165) is 32.6 Å². The summed E-state index contributed by atoms with van der Waals surface area (Å²) >= 11 is 8.12. The van der Waals surface area contributed by atoms with Gasteiger partial charge in [-0.05, 0) is 37.5 Å². The molecule has 4 aromatic rings. The van der Waals surface area contributed by atoms with Crippen molar-refractivity contribution in [2.45, 2.75) is 36.2 Å². The maximum atomic E-state index is 6.39. The summed E-state index contributed by atoms with van der Waals surface area (Å²) in [5.74, 6) is 0.948. The van der Waals surface area contributed by atoms with Crippen LogP contribution >= 0.6 is 23.4 Å². The summed E-state index contributed by atoms with van der Waals surface area (Å²) in [7, 11) is 0. The fourth-order valence-corrected chi connectivity index (χ4v) is 4.94. The van der Waals surface area contributed by atoms with Crippen LogP contribution in [0.3, 0.4) is 0 Å². The molecular formula is C21H19ClN4S. The van der Waals surface area contributed by atoms with Crippen LogP contribution in [0.2, 0.25) is 5.02 Å². The van der Waals surface area contributed by atoms with Crippen LogP contribution in [0.15, 0.2) is 59.9 Å². The first-order valence-corrected chi connectivity index (χ1v) is 10.4. The molecule has 27 heavy (non-hydrogen) atoms. The molecule has 136 valence electrons. The zero-order valence-electron chi connectivity index (χ0n) is 14.9. The molecule has 1 aliphatic carbocycles. The van der Waals surface area contributed by atoms with Crippen molar-refractivity contribution in [1.82, 2.24) is 19.7 Å². The number of rotatable bonds is 5. The number of H-pyrrole nitrogens is 1. The molecular weight excluding hydrogens is 376 g/mol. The molecule has 0 spiro atoms. The molecule has 1 aliphatic rings. The molecule has 0 unspecified atom stereocenters. The number of hydrogen-bond acceptors (Lipinski definition) is 3. The van der Waals surface area contributed by atoms with Crippen molar-refractivity contribution in [2.75, 3.05) is 0 Å². The minimum absolute atomic E-state index is 0.205. The third-order valence-electron chi connectivity index (χ3n) is 5.03. The number of benzene rings is 2. The maximum absolute atomic E-state index is 6.39. The average molecular weight is 395 g/mol. The first-order valence-electron chi connectivity index (χ1n) is 9.15. The number of aromatic nitrogens is 4. The monoisotopic (exact) mass is 394 g/mol. The van der Waals surface area contributed by atoms with Crippen molar-refractivity contribution >= 4 is 34.3 Å². The van der Waals surface area contributed by atoms with E-state index in [-0.39, 0.29) is 5.25 Å². The van der Waals surface area contributed by atoms with E-state index >= 15 is 0 Å². The van der Waals surface area contributed by atoms with Crippen LogP contribution in [0.4, 0.5) is 0 Å². The Balaban J connectivity index is 1.54. The van der Waals surface area contributed by atoms with E-state index < -0.39 is 0 Å². The lowest BCUT2D eigenvalue weighted by Gasteiger charge is -2.14. The van der Waals surface area contributed by atoms with Gasteiger partial charge in [0.2, 0.25) is 0 Å². The van der Waals surface area contributed by atoms with E-state index in [4.69, 9.17) is 11.6 Å². The van der Waals surface area contributed by atoms with Gasteiger partial charge in [0.25, 0.3) is 0 Å². The van der Waals surface area contributed by atoms with E-state index in [1.165, 1.54) is 18.2 Å². The Morgan fingerprint density at radius 1 is 1.11 bits per heavy atom. The topological polar surface area (TPSA) is 46.5 Å². The Hall–Kier alpha value is -2.24. The van der Waals surface area contributed by atoms with E-state index in [2.05, 4.69) is 50.9 Å². The summed E-state index contributed by atoms with van der Waals surface area (Å²) in [5, 5.41) is 12.3. The number of thioether (sulfide) groups is 1. The Bertz CT molecular complexity index is 1110. The highest BCUT2D eigenvalue weighted by Crippen LogP contribution is 2.45. The van der Waals surface area contributed by atoms with Gasteiger partial charge in [0.1, 0.15) is 0 Å². The molecule has 1 fully saturated rings. The van der Waals surface area contributed by atoms with Gasteiger partial charge in [0.05, 0.1) is 0 Å². The van der Waals surface area contributed by atoms with Crippen molar-refractivity contribution in [3.63, 3.8) is 0 Å². The molecule has 1 N–H and O–H groups in total. The van der Waals surface area contributed by atoms with Crippen LogP contribution in [0, 0.1) is 0 Å². The second kappa shape index (κ2) is 6.73. The quantitative estimate of drug-likeness (QED) is 0.406. The summed E-state index contributed by atoms with van der Waals surface area (Å²) in [4.78, 5) is 3.35. The molecule has 2 aromatic carbocycles. The molecule has 5 rings (SSSR count). The van der Waals surface area contributed by atoms with Gasteiger partial charge in [0.15, 0.2) is 11.0 Å². The van der Waals surface area contributed by atoms with E-state index in [0.29, 0.717) is 6.04 Å². The van der Waals surface area contributed by atoms with Gasteiger partial charge in [-0.1, -0.05) is 59.8 Å². The molecule has 1 atom stereocenters. The van der Waals surface area contributed by atoms with Gasteiger partial charge >= 0.3 is 0 Å². The Kier molecular flexibility index (Phi) is 4.21. The summed E-state index contributed by atoms with van der Waals surface area (Å²) in [5.41, 5.74) is 3.36. The Labute approximate surface area is 167 Å². The zero-order chi connectivity index (χ0) is 18.4. The van der Waals surface area contributed by atoms with Crippen molar-refractivity contribution < 1.29 is 0 Å². The molecule has 6 heteroatoms. The lowest BCUT2D eigenvalue weighted by molar-refractivity contribution is 0.668. The van der Waals surface area contributed by atoms with Crippen LogP contribution in [0.5, 0.6) is 0 Å². The second-order valence-corrected chi connectivity index (χ2v) is 8.65. The minimum atomic E-state index is 0.205. The van der Waals surface area contributed by atoms with Crippen LogP contribution in [0.1, 0.15) is 36.6 Å². The van der Waals surface area contributed by atoms with Crippen LogP contribution in [-0.2, 0) is 0 Å². The number of fused-ring (bicyclic) bond motifs is 1. The average Bonchev–Trinajstić information content (AvgIpc) is 3.30. The van der Waals surface area contributed by atoms with Crippen molar-refractivity contribution in [3.8, 4) is 11.4 Å². The molecule has 1 saturated carbocycles. The summed E-state index contributed by atoms with van der Waals surface area (Å²) in [6.07, 6.45) is 4.41. The Morgan fingerprint density at radius 3 is 2.70 bits per heavy atom. The number of halogens is 1. The lowest BCUT2D eigenvalue weighted by atomic mass is 10.1. The van der Waals surface area contributed by atoms with E-state index in [9.17, 15) is 0 Å². The van der Waals surface area contributed by atoms with Gasteiger partial charge in [-0.2, -0.15) is 0 Å². The molecule has 0 saturated heterocycles. The van der Waals surface area contributed by atoms with E-state index in [1.54, 1.807) is 11.8 Å². The molecule has 2 aromatic heterocycles. The predicted octanol–water partition coefficient (Wildman–Crippen LogP) is 6.27. The molecule has 2 heterocycles. The smallest absolute Gasteiger partial charge is 0.192 e. The SMILES string of the molecule is C[C@H](Sc1nnc(-c2c[nH]c3ccccc23)n1C1CC1)c1ccccc1Cl. The molecule has 0 bridgehead atoms. The van der Waals surface area contributed by atoms with Gasteiger partial charge in [-0.25, -0.2) is 0 Å². The highest BCUT2D eigenvalue weighted by atomic mass is 35.5. The fraction of sp³-hybridized carbons (Fsp3) is 0.238. The maximum Gasteiger partial charge on any atom is 0.192 e. The number of nitrogens with one attached hydrogen (secondary N) is 1. The van der Waals surface area contributed by atoms with Crippen molar-refractivity contribution in [3.05, 3.63) is 65.3 Å². The lowest BCUT2D eigenvalue weighted by Crippen LogP contribution is -2.01. The van der Waals surface area contributed by atoms with Crippen LogP contribution in [0.25, 0.3) is 22.3 Å². The second-order valence-electron chi connectivity index (χ2n) is 6.94.